The zero-order valence-electron chi connectivity index (χ0n) is 9.98. The van der Waals surface area contributed by atoms with Crippen molar-refractivity contribution in [2.45, 2.75) is 26.7 Å². The molecular weight excluding hydrogens is 252 g/mol. The molecule has 17 heavy (non-hydrogen) atoms. The average Bonchev–Trinajstić information content (AvgIpc) is 2.67. The van der Waals surface area contributed by atoms with Crippen LogP contribution in [0, 0.1) is 5.92 Å². The molecular formula is C13H15ClN2S. The third kappa shape index (κ3) is 3.79. The summed E-state index contributed by atoms with van der Waals surface area (Å²) < 4.78 is 0. The molecule has 2 heterocycles. The van der Waals surface area contributed by atoms with Crippen LogP contribution < -0.4 is 0 Å². The second-order valence-electron chi connectivity index (χ2n) is 4.45. The van der Waals surface area contributed by atoms with Crippen LogP contribution >= 0.6 is 22.9 Å². The molecule has 2 nitrogen and oxygen atoms in total. The van der Waals surface area contributed by atoms with E-state index in [1.165, 1.54) is 4.88 Å². The van der Waals surface area contributed by atoms with Crippen LogP contribution in [0.1, 0.15) is 30.2 Å². The van der Waals surface area contributed by atoms with Gasteiger partial charge in [0.05, 0.1) is 0 Å². The predicted molar refractivity (Wildman–Crippen MR) is 72.7 cm³/mol. The summed E-state index contributed by atoms with van der Waals surface area (Å²) in [6.45, 7) is 4.35. The van der Waals surface area contributed by atoms with Crippen molar-refractivity contribution < 1.29 is 0 Å². The summed E-state index contributed by atoms with van der Waals surface area (Å²) in [7, 11) is 0. The minimum atomic E-state index is 0.544. The smallest absolute Gasteiger partial charge is 0.135 e. The maximum absolute atomic E-state index is 6.03. The van der Waals surface area contributed by atoms with E-state index in [0.29, 0.717) is 11.1 Å². The Labute approximate surface area is 111 Å². The lowest BCUT2D eigenvalue weighted by Gasteiger charge is -2.06. The Bertz CT molecular complexity index is 480. The standard InChI is InChI=1S/C13H15ClN2S/c1-9(2)6-10-7-12(14)16-13(15-10)8-11-4-3-5-17-11/h3-5,7,9H,6,8H2,1-2H3. The molecule has 0 bridgehead atoms. The summed E-state index contributed by atoms with van der Waals surface area (Å²) >= 11 is 7.75. The third-order valence-corrected chi connectivity index (χ3v) is 3.39. The van der Waals surface area contributed by atoms with E-state index in [1.807, 2.05) is 12.1 Å². The molecule has 2 aromatic rings. The van der Waals surface area contributed by atoms with Crippen LogP contribution in [-0.4, -0.2) is 9.97 Å². The van der Waals surface area contributed by atoms with Gasteiger partial charge in [0, 0.05) is 17.0 Å². The van der Waals surface area contributed by atoms with Crippen LogP contribution in [0.3, 0.4) is 0 Å². The third-order valence-electron chi connectivity index (χ3n) is 2.32. The minimum Gasteiger partial charge on any atom is -0.237 e. The van der Waals surface area contributed by atoms with Gasteiger partial charge in [-0.25, -0.2) is 9.97 Å². The lowest BCUT2D eigenvalue weighted by molar-refractivity contribution is 0.631. The van der Waals surface area contributed by atoms with Crippen LogP contribution in [0.15, 0.2) is 23.6 Å². The fourth-order valence-electron chi connectivity index (χ4n) is 1.69. The van der Waals surface area contributed by atoms with Crippen LogP contribution in [0.4, 0.5) is 0 Å². The quantitative estimate of drug-likeness (QED) is 0.783. The number of thiophene rings is 1. The van der Waals surface area contributed by atoms with Crippen LogP contribution in [0.2, 0.25) is 5.15 Å². The average molecular weight is 267 g/mol. The zero-order valence-corrected chi connectivity index (χ0v) is 11.6. The molecule has 0 saturated heterocycles. The first-order valence-electron chi connectivity index (χ1n) is 5.68. The second-order valence-corrected chi connectivity index (χ2v) is 5.87. The first-order chi connectivity index (χ1) is 8.13. The normalized spacial score (nSPS) is 11.1. The lowest BCUT2D eigenvalue weighted by Crippen LogP contribution is -2.03. The topological polar surface area (TPSA) is 25.8 Å². The molecule has 0 aromatic carbocycles. The summed E-state index contributed by atoms with van der Waals surface area (Å²) in [4.78, 5) is 10.1. The maximum atomic E-state index is 6.03. The van der Waals surface area contributed by atoms with E-state index in [2.05, 4.69) is 35.3 Å². The molecule has 0 unspecified atom stereocenters. The molecule has 4 heteroatoms. The second kappa shape index (κ2) is 5.61. The van der Waals surface area contributed by atoms with Crippen LogP contribution in [0.5, 0.6) is 0 Å². The van der Waals surface area contributed by atoms with E-state index in [0.717, 1.165) is 24.4 Å². The molecule has 0 amide bonds. The van der Waals surface area contributed by atoms with E-state index in [-0.39, 0.29) is 0 Å². The summed E-state index contributed by atoms with van der Waals surface area (Å²) in [5.41, 5.74) is 1.03. The highest BCUT2D eigenvalue weighted by molar-refractivity contribution is 7.09. The zero-order chi connectivity index (χ0) is 12.3. The monoisotopic (exact) mass is 266 g/mol. The first-order valence-corrected chi connectivity index (χ1v) is 6.94. The number of rotatable bonds is 4. The van der Waals surface area contributed by atoms with Crippen molar-refractivity contribution in [1.82, 2.24) is 9.97 Å². The molecule has 0 aliphatic carbocycles. The van der Waals surface area contributed by atoms with Crippen molar-refractivity contribution in [2.24, 2.45) is 5.92 Å². The molecule has 0 aliphatic rings. The largest absolute Gasteiger partial charge is 0.237 e. The number of halogens is 1. The van der Waals surface area contributed by atoms with Gasteiger partial charge in [0.15, 0.2) is 0 Å². The van der Waals surface area contributed by atoms with Crippen molar-refractivity contribution in [3.8, 4) is 0 Å². The Balaban J connectivity index is 2.19. The number of aromatic nitrogens is 2. The Morgan fingerprint density at radius 2 is 2.18 bits per heavy atom. The fourth-order valence-corrected chi connectivity index (χ4v) is 2.61. The van der Waals surface area contributed by atoms with Gasteiger partial charge in [0.1, 0.15) is 11.0 Å². The van der Waals surface area contributed by atoms with Gasteiger partial charge in [-0.1, -0.05) is 31.5 Å². The van der Waals surface area contributed by atoms with Gasteiger partial charge in [0.2, 0.25) is 0 Å². The van der Waals surface area contributed by atoms with Crippen molar-refractivity contribution >= 4 is 22.9 Å². The molecule has 0 aliphatic heterocycles. The maximum Gasteiger partial charge on any atom is 0.135 e. The van der Waals surface area contributed by atoms with Crippen LogP contribution in [0.25, 0.3) is 0 Å². The highest BCUT2D eigenvalue weighted by Gasteiger charge is 2.06. The van der Waals surface area contributed by atoms with Crippen molar-refractivity contribution in [1.29, 1.82) is 0 Å². The van der Waals surface area contributed by atoms with Gasteiger partial charge >= 0.3 is 0 Å². The van der Waals surface area contributed by atoms with Gasteiger partial charge in [-0.2, -0.15) is 0 Å². The van der Waals surface area contributed by atoms with Crippen molar-refractivity contribution in [3.63, 3.8) is 0 Å². The SMILES string of the molecule is CC(C)Cc1cc(Cl)nc(Cc2cccs2)n1. The predicted octanol–water partition coefficient (Wildman–Crippen LogP) is 3.98. The summed E-state index contributed by atoms with van der Waals surface area (Å²) in [6.07, 6.45) is 1.71. The van der Waals surface area contributed by atoms with Gasteiger partial charge in [-0.05, 0) is 29.9 Å². The van der Waals surface area contributed by atoms with E-state index >= 15 is 0 Å². The highest BCUT2D eigenvalue weighted by Crippen LogP contribution is 2.16. The lowest BCUT2D eigenvalue weighted by atomic mass is 10.1. The molecule has 90 valence electrons. The van der Waals surface area contributed by atoms with Crippen molar-refractivity contribution in [3.05, 3.63) is 45.1 Å². The number of nitrogens with zero attached hydrogens (tertiary/aromatic N) is 2. The fraction of sp³-hybridized carbons (Fsp3) is 0.385. The van der Waals surface area contributed by atoms with Gasteiger partial charge in [0.25, 0.3) is 0 Å². The Morgan fingerprint density at radius 1 is 1.35 bits per heavy atom. The summed E-state index contributed by atoms with van der Waals surface area (Å²) in [5, 5.41) is 2.61. The number of hydrogen-bond acceptors (Lipinski definition) is 3. The number of hydrogen-bond donors (Lipinski definition) is 0. The van der Waals surface area contributed by atoms with Crippen molar-refractivity contribution in [2.75, 3.05) is 0 Å². The van der Waals surface area contributed by atoms with Gasteiger partial charge < -0.3 is 0 Å². The molecule has 2 rings (SSSR count). The molecule has 2 aromatic heterocycles. The molecule has 0 radical (unpaired) electrons. The summed E-state index contributed by atoms with van der Waals surface area (Å²) in [6, 6.07) is 6.00. The Kier molecular flexibility index (Phi) is 4.13. The van der Waals surface area contributed by atoms with E-state index in [9.17, 15) is 0 Å². The van der Waals surface area contributed by atoms with E-state index in [1.54, 1.807) is 11.3 Å². The molecule has 0 fully saturated rings. The van der Waals surface area contributed by atoms with Gasteiger partial charge in [-0.15, -0.1) is 11.3 Å². The van der Waals surface area contributed by atoms with Crippen LogP contribution in [-0.2, 0) is 12.8 Å². The Hall–Kier alpha value is -0.930. The first kappa shape index (κ1) is 12.5. The van der Waals surface area contributed by atoms with Gasteiger partial charge in [-0.3, -0.25) is 0 Å². The van der Waals surface area contributed by atoms with E-state index < -0.39 is 0 Å². The molecule has 0 saturated carbocycles. The minimum absolute atomic E-state index is 0.544. The molecule has 0 N–H and O–H groups in total. The summed E-state index contributed by atoms with van der Waals surface area (Å²) in [5.74, 6) is 1.39. The van der Waals surface area contributed by atoms with E-state index in [4.69, 9.17) is 11.6 Å². The molecule has 0 spiro atoms. The highest BCUT2D eigenvalue weighted by atomic mass is 35.5. The molecule has 0 atom stereocenters. The Morgan fingerprint density at radius 3 is 2.82 bits per heavy atom.